The fraction of sp³-hybridized carbons (Fsp3) is 0.250. The summed E-state index contributed by atoms with van der Waals surface area (Å²) < 4.78 is 0. The summed E-state index contributed by atoms with van der Waals surface area (Å²) in [7, 11) is 0. The van der Waals surface area contributed by atoms with Crippen LogP contribution < -0.4 is 0 Å². The molecule has 1 aromatic heterocycles. The first-order chi connectivity index (χ1) is 8.74. The van der Waals surface area contributed by atoms with Crippen molar-refractivity contribution in [1.82, 2.24) is 4.98 Å². The Morgan fingerprint density at radius 2 is 2.17 bits per heavy atom. The SMILES string of the molecule is C=CCCC(C)C(=O)c1cccc2cccnc12. The topological polar surface area (TPSA) is 30.0 Å². The quantitative estimate of drug-likeness (QED) is 0.582. The number of para-hydroxylation sites is 1. The Labute approximate surface area is 107 Å². The van der Waals surface area contributed by atoms with E-state index in [1.807, 2.05) is 43.3 Å². The third-order valence-corrected chi connectivity index (χ3v) is 3.15. The van der Waals surface area contributed by atoms with Crippen molar-refractivity contribution in [1.29, 1.82) is 0 Å². The predicted molar refractivity (Wildman–Crippen MR) is 74.7 cm³/mol. The van der Waals surface area contributed by atoms with Gasteiger partial charge in [0.1, 0.15) is 0 Å². The molecule has 92 valence electrons. The molecule has 1 aromatic carbocycles. The minimum absolute atomic E-state index is 0.00982. The molecule has 2 heteroatoms. The van der Waals surface area contributed by atoms with Crippen LogP contribution in [0, 0.1) is 5.92 Å². The minimum atomic E-state index is 0.00982. The van der Waals surface area contributed by atoms with Crippen LogP contribution in [-0.4, -0.2) is 10.8 Å². The molecular formula is C16H17NO. The highest BCUT2D eigenvalue weighted by atomic mass is 16.1. The van der Waals surface area contributed by atoms with E-state index in [1.54, 1.807) is 6.20 Å². The summed E-state index contributed by atoms with van der Waals surface area (Å²) in [4.78, 5) is 16.7. The molecule has 1 heterocycles. The number of pyridine rings is 1. The van der Waals surface area contributed by atoms with Gasteiger partial charge in [-0.2, -0.15) is 0 Å². The molecule has 2 aromatic rings. The zero-order chi connectivity index (χ0) is 13.0. The normalized spacial score (nSPS) is 12.3. The van der Waals surface area contributed by atoms with Crippen molar-refractivity contribution in [3.05, 3.63) is 54.7 Å². The van der Waals surface area contributed by atoms with Crippen molar-refractivity contribution in [2.45, 2.75) is 19.8 Å². The first-order valence-electron chi connectivity index (χ1n) is 6.23. The van der Waals surface area contributed by atoms with E-state index in [0.29, 0.717) is 0 Å². The number of benzene rings is 1. The smallest absolute Gasteiger partial charge is 0.167 e. The third-order valence-electron chi connectivity index (χ3n) is 3.15. The highest BCUT2D eigenvalue weighted by Crippen LogP contribution is 2.21. The second kappa shape index (κ2) is 5.58. The van der Waals surface area contributed by atoms with E-state index < -0.39 is 0 Å². The molecular weight excluding hydrogens is 222 g/mol. The van der Waals surface area contributed by atoms with E-state index in [-0.39, 0.29) is 11.7 Å². The molecule has 0 bridgehead atoms. The standard InChI is InChI=1S/C16H17NO/c1-3-4-7-12(2)16(18)14-10-5-8-13-9-6-11-17-15(13)14/h3,5-6,8-12H,1,4,7H2,2H3. The van der Waals surface area contributed by atoms with Crippen molar-refractivity contribution in [2.75, 3.05) is 0 Å². The number of fused-ring (bicyclic) bond motifs is 1. The molecule has 18 heavy (non-hydrogen) atoms. The van der Waals surface area contributed by atoms with Crippen LogP contribution in [-0.2, 0) is 0 Å². The third kappa shape index (κ3) is 2.48. The van der Waals surface area contributed by atoms with Crippen molar-refractivity contribution in [2.24, 2.45) is 5.92 Å². The van der Waals surface area contributed by atoms with Crippen molar-refractivity contribution < 1.29 is 4.79 Å². The van der Waals surface area contributed by atoms with Crippen molar-refractivity contribution in [3.8, 4) is 0 Å². The Kier molecular flexibility index (Phi) is 3.88. The number of ketones is 1. The first kappa shape index (κ1) is 12.5. The van der Waals surface area contributed by atoms with Crippen LogP contribution in [0.1, 0.15) is 30.1 Å². The van der Waals surface area contributed by atoms with Gasteiger partial charge in [-0.15, -0.1) is 6.58 Å². The van der Waals surface area contributed by atoms with E-state index >= 15 is 0 Å². The summed E-state index contributed by atoms with van der Waals surface area (Å²) in [5.41, 5.74) is 1.53. The molecule has 0 spiro atoms. The van der Waals surface area contributed by atoms with E-state index in [9.17, 15) is 4.79 Å². The number of nitrogens with zero attached hydrogens (tertiary/aromatic N) is 1. The van der Waals surface area contributed by atoms with E-state index in [4.69, 9.17) is 0 Å². The average molecular weight is 239 g/mol. The molecule has 0 radical (unpaired) electrons. The summed E-state index contributed by atoms with van der Waals surface area (Å²) in [5.74, 6) is 0.178. The van der Waals surface area contributed by atoms with Crippen LogP contribution in [0.4, 0.5) is 0 Å². The number of rotatable bonds is 5. The van der Waals surface area contributed by atoms with Crippen LogP contribution in [0.5, 0.6) is 0 Å². The van der Waals surface area contributed by atoms with Gasteiger partial charge in [-0.05, 0) is 25.0 Å². The summed E-state index contributed by atoms with van der Waals surface area (Å²) >= 11 is 0. The highest BCUT2D eigenvalue weighted by molar-refractivity contribution is 6.07. The Hall–Kier alpha value is -1.96. The number of allylic oxidation sites excluding steroid dienone is 1. The maximum absolute atomic E-state index is 12.4. The summed E-state index contributed by atoms with van der Waals surface area (Å²) in [6.07, 6.45) is 5.29. The predicted octanol–water partition coefficient (Wildman–Crippen LogP) is 4.02. The lowest BCUT2D eigenvalue weighted by atomic mass is 9.93. The molecule has 2 rings (SSSR count). The van der Waals surface area contributed by atoms with Crippen LogP contribution in [0.3, 0.4) is 0 Å². The molecule has 0 aliphatic rings. The number of hydrogen-bond acceptors (Lipinski definition) is 2. The largest absolute Gasteiger partial charge is 0.294 e. The molecule has 1 atom stereocenters. The second-order valence-electron chi connectivity index (χ2n) is 4.51. The van der Waals surface area contributed by atoms with Gasteiger partial charge in [0.25, 0.3) is 0 Å². The zero-order valence-corrected chi connectivity index (χ0v) is 10.6. The number of carbonyl (C=O) groups is 1. The summed E-state index contributed by atoms with van der Waals surface area (Å²) in [6.45, 7) is 5.66. The average Bonchev–Trinajstić information content (AvgIpc) is 2.43. The molecule has 0 aliphatic carbocycles. The summed E-state index contributed by atoms with van der Waals surface area (Å²) in [5, 5.41) is 1.01. The molecule has 2 nitrogen and oxygen atoms in total. The van der Waals surface area contributed by atoms with Gasteiger partial charge in [0.05, 0.1) is 5.52 Å². The van der Waals surface area contributed by atoms with E-state index in [1.165, 1.54) is 0 Å². The molecule has 0 amide bonds. The van der Waals surface area contributed by atoms with Gasteiger partial charge in [-0.25, -0.2) is 0 Å². The molecule has 0 N–H and O–H groups in total. The number of aromatic nitrogens is 1. The first-order valence-corrected chi connectivity index (χ1v) is 6.23. The van der Waals surface area contributed by atoms with Gasteiger partial charge in [-0.1, -0.05) is 31.2 Å². The van der Waals surface area contributed by atoms with Gasteiger partial charge in [0.15, 0.2) is 5.78 Å². The highest BCUT2D eigenvalue weighted by Gasteiger charge is 2.17. The van der Waals surface area contributed by atoms with Crippen molar-refractivity contribution in [3.63, 3.8) is 0 Å². The van der Waals surface area contributed by atoms with Gasteiger partial charge >= 0.3 is 0 Å². The summed E-state index contributed by atoms with van der Waals surface area (Å²) in [6, 6.07) is 9.62. The Balaban J connectivity index is 2.35. The molecule has 1 unspecified atom stereocenters. The van der Waals surface area contributed by atoms with Crippen LogP contribution >= 0.6 is 0 Å². The minimum Gasteiger partial charge on any atom is -0.294 e. The van der Waals surface area contributed by atoms with Crippen LogP contribution in [0.2, 0.25) is 0 Å². The van der Waals surface area contributed by atoms with Gasteiger partial charge in [0.2, 0.25) is 0 Å². The maximum atomic E-state index is 12.4. The Morgan fingerprint density at radius 3 is 2.94 bits per heavy atom. The number of hydrogen-bond donors (Lipinski definition) is 0. The molecule has 0 saturated carbocycles. The number of Topliss-reactive ketones (excluding diaryl/α,β-unsaturated/α-hetero) is 1. The second-order valence-corrected chi connectivity index (χ2v) is 4.51. The molecule has 0 saturated heterocycles. The monoisotopic (exact) mass is 239 g/mol. The fourth-order valence-corrected chi connectivity index (χ4v) is 2.07. The lowest BCUT2D eigenvalue weighted by Crippen LogP contribution is -2.12. The maximum Gasteiger partial charge on any atom is 0.167 e. The van der Waals surface area contributed by atoms with Crippen LogP contribution in [0.25, 0.3) is 10.9 Å². The number of carbonyl (C=O) groups excluding carboxylic acids is 1. The Morgan fingerprint density at radius 1 is 1.39 bits per heavy atom. The Bertz CT molecular complexity index is 569. The lowest BCUT2D eigenvalue weighted by molar-refractivity contribution is 0.0926. The lowest BCUT2D eigenvalue weighted by Gasteiger charge is -2.10. The van der Waals surface area contributed by atoms with Crippen molar-refractivity contribution >= 4 is 16.7 Å². The molecule has 0 aliphatic heterocycles. The van der Waals surface area contributed by atoms with Gasteiger partial charge < -0.3 is 0 Å². The van der Waals surface area contributed by atoms with Crippen LogP contribution in [0.15, 0.2) is 49.2 Å². The zero-order valence-electron chi connectivity index (χ0n) is 10.6. The van der Waals surface area contributed by atoms with Gasteiger partial charge in [-0.3, -0.25) is 9.78 Å². The fourth-order valence-electron chi connectivity index (χ4n) is 2.07. The molecule has 0 fully saturated rings. The van der Waals surface area contributed by atoms with E-state index in [2.05, 4.69) is 11.6 Å². The van der Waals surface area contributed by atoms with E-state index in [0.717, 1.165) is 29.3 Å². The van der Waals surface area contributed by atoms with Gasteiger partial charge in [0, 0.05) is 23.1 Å².